The lowest BCUT2D eigenvalue weighted by atomic mass is 10.0. The molecule has 154 valence electrons. The van der Waals surface area contributed by atoms with Crippen LogP contribution in [0.3, 0.4) is 0 Å². The van der Waals surface area contributed by atoms with Gasteiger partial charge in [0.05, 0.1) is 6.61 Å². The van der Waals surface area contributed by atoms with E-state index in [9.17, 15) is 4.79 Å². The van der Waals surface area contributed by atoms with E-state index in [1.54, 1.807) is 0 Å². The van der Waals surface area contributed by atoms with Crippen LogP contribution in [0, 0.1) is 0 Å². The Bertz CT molecular complexity index is 461. The summed E-state index contributed by atoms with van der Waals surface area (Å²) < 4.78 is 5.31. The third kappa shape index (κ3) is 13.5. The molecule has 1 atom stereocenters. The van der Waals surface area contributed by atoms with E-state index in [2.05, 4.69) is 6.92 Å². The summed E-state index contributed by atoms with van der Waals surface area (Å²) >= 11 is 0. The van der Waals surface area contributed by atoms with E-state index in [1.807, 2.05) is 30.3 Å². The first-order valence-electron chi connectivity index (χ1n) is 11.2. The second-order valence-electron chi connectivity index (χ2n) is 7.71. The van der Waals surface area contributed by atoms with Gasteiger partial charge in [0, 0.05) is 0 Å². The Morgan fingerprint density at radius 3 is 1.81 bits per heavy atom. The van der Waals surface area contributed by atoms with Crippen molar-refractivity contribution in [2.75, 3.05) is 6.61 Å². The summed E-state index contributed by atoms with van der Waals surface area (Å²) in [7, 11) is 0. The van der Waals surface area contributed by atoms with Crippen LogP contribution in [0.1, 0.15) is 96.0 Å². The predicted octanol–water partition coefficient (Wildman–Crippen LogP) is 6.19. The van der Waals surface area contributed by atoms with E-state index < -0.39 is 6.04 Å². The lowest BCUT2D eigenvalue weighted by Crippen LogP contribution is -2.34. The van der Waals surface area contributed by atoms with E-state index in [1.165, 1.54) is 70.6 Å². The minimum Gasteiger partial charge on any atom is -0.465 e. The number of hydrogen-bond acceptors (Lipinski definition) is 3. The first-order valence-corrected chi connectivity index (χ1v) is 11.2. The molecule has 1 rings (SSSR count). The Balaban J connectivity index is 1.86. The summed E-state index contributed by atoms with van der Waals surface area (Å²) in [5.41, 5.74) is 7.00. The molecule has 1 aromatic rings. The fourth-order valence-corrected chi connectivity index (χ4v) is 3.35. The van der Waals surface area contributed by atoms with Crippen molar-refractivity contribution < 1.29 is 9.53 Å². The van der Waals surface area contributed by atoms with Crippen molar-refractivity contribution in [1.29, 1.82) is 0 Å². The van der Waals surface area contributed by atoms with Crippen molar-refractivity contribution in [3.8, 4) is 0 Å². The summed E-state index contributed by atoms with van der Waals surface area (Å²) in [6, 6.07) is 9.29. The summed E-state index contributed by atoms with van der Waals surface area (Å²) in [4.78, 5) is 11.9. The van der Waals surface area contributed by atoms with Crippen LogP contribution in [0.4, 0.5) is 0 Å². The topological polar surface area (TPSA) is 52.3 Å². The zero-order valence-corrected chi connectivity index (χ0v) is 17.5. The molecule has 0 saturated heterocycles. The highest BCUT2D eigenvalue weighted by atomic mass is 16.5. The van der Waals surface area contributed by atoms with Gasteiger partial charge in [0.25, 0.3) is 0 Å². The van der Waals surface area contributed by atoms with Crippen molar-refractivity contribution in [1.82, 2.24) is 0 Å². The molecule has 1 aromatic carbocycles. The minimum atomic E-state index is -0.561. The first kappa shape index (κ1) is 23.7. The van der Waals surface area contributed by atoms with Gasteiger partial charge < -0.3 is 10.5 Å². The lowest BCUT2D eigenvalue weighted by Gasteiger charge is -2.11. The molecule has 3 nitrogen and oxygen atoms in total. The fraction of sp³-hybridized carbons (Fsp3) is 0.708. The molecule has 0 aliphatic heterocycles. The van der Waals surface area contributed by atoms with Crippen LogP contribution in [0.5, 0.6) is 0 Å². The van der Waals surface area contributed by atoms with E-state index in [0.29, 0.717) is 13.0 Å². The molecule has 0 bridgehead atoms. The number of benzene rings is 1. The van der Waals surface area contributed by atoms with Gasteiger partial charge in [-0.25, -0.2) is 0 Å². The standard InChI is InChI=1S/C24H41NO2/c1-2-3-4-5-6-7-8-9-10-11-12-13-17-20-27-24(26)23(25)21-22-18-15-14-16-19-22/h14-16,18-19,23H,2-13,17,20-21,25H2,1H3/t23-/m0/s1. The third-order valence-corrected chi connectivity index (χ3v) is 5.09. The Kier molecular flexibility index (Phi) is 14.7. The molecule has 0 aliphatic rings. The number of hydrogen-bond donors (Lipinski definition) is 1. The van der Waals surface area contributed by atoms with E-state index in [4.69, 9.17) is 10.5 Å². The van der Waals surface area contributed by atoms with E-state index in [-0.39, 0.29) is 5.97 Å². The highest BCUT2D eigenvalue weighted by molar-refractivity contribution is 5.75. The average Bonchev–Trinajstić information content (AvgIpc) is 2.68. The number of ether oxygens (including phenoxy) is 1. The molecule has 27 heavy (non-hydrogen) atoms. The number of unbranched alkanes of at least 4 members (excludes halogenated alkanes) is 12. The van der Waals surface area contributed by atoms with Gasteiger partial charge in [-0.05, 0) is 18.4 Å². The zero-order valence-electron chi connectivity index (χ0n) is 17.5. The highest BCUT2D eigenvalue weighted by Gasteiger charge is 2.15. The van der Waals surface area contributed by atoms with Gasteiger partial charge in [0.2, 0.25) is 0 Å². The third-order valence-electron chi connectivity index (χ3n) is 5.09. The largest absolute Gasteiger partial charge is 0.465 e. The van der Waals surface area contributed by atoms with Gasteiger partial charge >= 0.3 is 5.97 Å². The zero-order chi connectivity index (χ0) is 19.6. The van der Waals surface area contributed by atoms with Gasteiger partial charge in [-0.1, -0.05) is 114 Å². The molecule has 0 unspecified atom stereocenters. The van der Waals surface area contributed by atoms with Crippen molar-refractivity contribution in [3.05, 3.63) is 35.9 Å². The van der Waals surface area contributed by atoms with Crippen LogP contribution >= 0.6 is 0 Å². The molecule has 0 fully saturated rings. The van der Waals surface area contributed by atoms with Crippen LogP contribution in [0.25, 0.3) is 0 Å². The van der Waals surface area contributed by atoms with Gasteiger partial charge in [-0.2, -0.15) is 0 Å². The van der Waals surface area contributed by atoms with Gasteiger partial charge in [-0.15, -0.1) is 0 Å². The van der Waals surface area contributed by atoms with Crippen LogP contribution in [-0.4, -0.2) is 18.6 Å². The second kappa shape index (κ2) is 16.8. The van der Waals surface area contributed by atoms with Crippen molar-refractivity contribution in [3.63, 3.8) is 0 Å². The van der Waals surface area contributed by atoms with E-state index in [0.717, 1.165) is 18.4 Å². The molecule has 0 heterocycles. The normalized spacial score (nSPS) is 12.1. The summed E-state index contributed by atoms with van der Waals surface area (Å²) in [5.74, 6) is -0.280. The quantitative estimate of drug-likeness (QED) is 0.261. The molecule has 0 aliphatic carbocycles. The Labute approximate surface area is 167 Å². The van der Waals surface area contributed by atoms with Crippen LogP contribution in [-0.2, 0) is 16.0 Å². The maximum absolute atomic E-state index is 11.9. The first-order chi connectivity index (χ1) is 13.2. The lowest BCUT2D eigenvalue weighted by molar-refractivity contribution is -0.145. The smallest absolute Gasteiger partial charge is 0.323 e. The number of carbonyl (C=O) groups is 1. The van der Waals surface area contributed by atoms with Crippen molar-refractivity contribution in [2.45, 2.75) is 103 Å². The van der Waals surface area contributed by atoms with Gasteiger partial charge in [-0.3, -0.25) is 4.79 Å². The van der Waals surface area contributed by atoms with Crippen molar-refractivity contribution >= 4 is 5.97 Å². The fourth-order valence-electron chi connectivity index (χ4n) is 3.35. The Morgan fingerprint density at radius 1 is 0.815 bits per heavy atom. The Morgan fingerprint density at radius 2 is 1.30 bits per heavy atom. The number of esters is 1. The van der Waals surface area contributed by atoms with Gasteiger partial charge in [0.15, 0.2) is 0 Å². The van der Waals surface area contributed by atoms with Crippen LogP contribution in [0.2, 0.25) is 0 Å². The minimum absolute atomic E-state index is 0.280. The second-order valence-corrected chi connectivity index (χ2v) is 7.71. The molecule has 3 heteroatoms. The number of carbonyl (C=O) groups excluding carboxylic acids is 1. The highest BCUT2D eigenvalue weighted by Crippen LogP contribution is 2.12. The average molecular weight is 376 g/mol. The molecule has 2 N–H and O–H groups in total. The number of nitrogens with two attached hydrogens (primary N) is 1. The predicted molar refractivity (Wildman–Crippen MR) is 115 cm³/mol. The van der Waals surface area contributed by atoms with Gasteiger partial charge in [0.1, 0.15) is 6.04 Å². The Hall–Kier alpha value is -1.35. The molecular weight excluding hydrogens is 334 g/mol. The van der Waals surface area contributed by atoms with E-state index >= 15 is 0 Å². The molecule has 0 spiro atoms. The summed E-state index contributed by atoms with van der Waals surface area (Å²) in [6.07, 6.45) is 17.7. The molecule has 0 aromatic heterocycles. The van der Waals surface area contributed by atoms with Crippen LogP contribution in [0.15, 0.2) is 30.3 Å². The molecule has 0 radical (unpaired) electrons. The molecule has 0 amide bonds. The summed E-state index contributed by atoms with van der Waals surface area (Å²) in [5, 5.41) is 0. The molecular formula is C24H41NO2. The monoisotopic (exact) mass is 375 g/mol. The van der Waals surface area contributed by atoms with Crippen LogP contribution < -0.4 is 5.73 Å². The SMILES string of the molecule is CCCCCCCCCCCCCCCOC(=O)[C@@H](N)Cc1ccccc1. The maximum Gasteiger partial charge on any atom is 0.323 e. The molecule has 0 saturated carbocycles. The van der Waals surface area contributed by atoms with Crippen molar-refractivity contribution in [2.24, 2.45) is 5.73 Å². The maximum atomic E-state index is 11.9. The number of rotatable bonds is 17. The summed E-state index contributed by atoms with van der Waals surface area (Å²) in [6.45, 7) is 2.77.